The molecule has 0 fully saturated rings. The molecule has 0 unspecified atom stereocenters. The summed E-state index contributed by atoms with van der Waals surface area (Å²) in [4.78, 5) is 36.0. The highest BCUT2D eigenvalue weighted by atomic mass is 79.9. The van der Waals surface area contributed by atoms with Crippen molar-refractivity contribution in [3.63, 3.8) is 0 Å². The van der Waals surface area contributed by atoms with Crippen molar-refractivity contribution in [3.8, 4) is 5.75 Å². The zero-order valence-electron chi connectivity index (χ0n) is 15.9. The first-order valence-corrected chi connectivity index (χ1v) is 9.39. The Morgan fingerprint density at radius 2 is 1.68 bits per heavy atom. The second-order valence-corrected chi connectivity index (χ2v) is 7.07. The van der Waals surface area contributed by atoms with Crippen LogP contribution in [0.3, 0.4) is 0 Å². The second kappa shape index (κ2) is 9.89. The number of benzene rings is 2. The Hall–Kier alpha value is -2.87. The summed E-state index contributed by atoms with van der Waals surface area (Å²) in [6.45, 7) is 3.83. The summed E-state index contributed by atoms with van der Waals surface area (Å²) in [6.07, 6.45) is -0.0492. The van der Waals surface area contributed by atoms with Gasteiger partial charge in [0.05, 0.1) is 11.6 Å². The van der Waals surface area contributed by atoms with Gasteiger partial charge in [-0.15, -0.1) is 0 Å². The summed E-state index contributed by atoms with van der Waals surface area (Å²) >= 11 is 3.30. The number of carbonyl (C=O) groups is 3. The maximum atomic E-state index is 12.1. The summed E-state index contributed by atoms with van der Waals surface area (Å²) in [5.41, 5.74) is 7.68. The summed E-state index contributed by atoms with van der Waals surface area (Å²) in [5, 5.41) is 2.79. The Labute approximate surface area is 171 Å². The molecule has 0 heterocycles. The van der Waals surface area contributed by atoms with E-state index in [-0.39, 0.29) is 18.7 Å². The Bertz CT molecular complexity index is 899. The van der Waals surface area contributed by atoms with Crippen LogP contribution in [0.25, 0.3) is 0 Å². The van der Waals surface area contributed by atoms with Crippen molar-refractivity contribution in [1.29, 1.82) is 0 Å². The van der Waals surface area contributed by atoms with E-state index in [1.54, 1.807) is 18.2 Å². The van der Waals surface area contributed by atoms with Crippen molar-refractivity contribution in [1.82, 2.24) is 10.9 Å². The van der Waals surface area contributed by atoms with Crippen molar-refractivity contribution < 1.29 is 19.1 Å². The highest BCUT2D eigenvalue weighted by Crippen LogP contribution is 2.25. The van der Waals surface area contributed by atoms with Crippen molar-refractivity contribution in [2.45, 2.75) is 26.7 Å². The van der Waals surface area contributed by atoms with Crippen LogP contribution in [0.4, 0.5) is 5.69 Å². The maximum absolute atomic E-state index is 12.1. The van der Waals surface area contributed by atoms with E-state index in [2.05, 4.69) is 32.1 Å². The van der Waals surface area contributed by atoms with E-state index in [1.165, 1.54) is 7.11 Å². The van der Waals surface area contributed by atoms with Crippen molar-refractivity contribution in [2.75, 3.05) is 12.4 Å². The first-order valence-electron chi connectivity index (χ1n) is 8.60. The van der Waals surface area contributed by atoms with Crippen LogP contribution in [0, 0.1) is 13.8 Å². The number of anilines is 1. The molecule has 0 aliphatic heterocycles. The van der Waals surface area contributed by atoms with Gasteiger partial charge in [-0.2, -0.15) is 0 Å². The number of methoxy groups -OCH3 is 1. The topological polar surface area (TPSA) is 96.5 Å². The van der Waals surface area contributed by atoms with Crippen LogP contribution in [-0.4, -0.2) is 24.8 Å². The standard InChI is InChI=1S/C20H22BrN3O4/c1-12-4-5-13(2)16(10-12)22-18(25)8-9-19(26)23-24-20(27)14-6-7-17(28-3)15(21)11-14/h4-7,10-11H,8-9H2,1-3H3,(H,22,25)(H,23,26)(H,24,27). The number of aryl methyl sites for hydroxylation is 2. The molecule has 0 aliphatic carbocycles. The molecule has 8 heteroatoms. The monoisotopic (exact) mass is 447 g/mol. The van der Waals surface area contributed by atoms with E-state index in [0.717, 1.165) is 16.8 Å². The molecule has 2 aromatic rings. The number of nitrogens with one attached hydrogen (secondary N) is 3. The smallest absolute Gasteiger partial charge is 0.269 e. The van der Waals surface area contributed by atoms with Gasteiger partial charge in [0.25, 0.3) is 5.91 Å². The summed E-state index contributed by atoms with van der Waals surface area (Å²) in [6, 6.07) is 10.5. The van der Waals surface area contributed by atoms with Crippen LogP contribution in [0.5, 0.6) is 5.75 Å². The van der Waals surface area contributed by atoms with E-state index in [9.17, 15) is 14.4 Å². The van der Waals surface area contributed by atoms with Gasteiger partial charge in [-0.3, -0.25) is 25.2 Å². The predicted octanol–water partition coefficient (Wildman–Crippen LogP) is 3.25. The molecule has 148 valence electrons. The number of hydrogen-bond donors (Lipinski definition) is 3. The number of hydrogen-bond acceptors (Lipinski definition) is 4. The van der Waals surface area contributed by atoms with Gasteiger partial charge in [0.2, 0.25) is 11.8 Å². The van der Waals surface area contributed by atoms with Crippen LogP contribution < -0.4 is 20.9 Å². The highest BCUT2D eigenvalue weighted by Gasteiger charge is 2.12. The SMILES string of the molecule is COc1ccc(C(=O)NNC(=O)CCC(=O)Nc2cc(C)ccc2C)cc1Br. The zero-order chi connectivity index (χ0) is 20.7. The van der Waals surface area contributed by atoms with E-state index >= 15 is 0 Å². The first kappa shape index (κ1) is 21.4. The van der Waals surface area contributed by atoms with Crippen LogP contribution >= 0.6 is 15.9 Å². The molecule has 0 aromatic heterocycles. The van der Waals surface area contributed by atoms with Crippen LogP contribution in [0.1, 0.15) is 34.3 Å². The molecule has 2 aromatic carbocycles. The lowest BCUT2D eigenvalue weighted by atomic mass is 10.1. The molecule has 0 radical (unpaired) electrons. The molecular weight excluding hydrogens is 426 g/mol. The fourth-order valence-corrected chi connectivity index (χ4v) is 2.92. The van der Waals surface area contributed by atoms with E-state index < -0.39 is 11.8 Å². The van der Waals surface area contributed by atoms with Crippen molar-refractivity contribution in [3.05, 3.63) is 57.6 Å². The Morgan fingerprint density at radius 1 is 0.964 bits per heavy atom. The van der Waals surface area contributed by atoms with Gasteiger partial charge < -0.3 is 10.1 Å². The molecule has 3 amide bonds. The third kappa shape index (κ3) is 6.09. The number of ether oxygens (including phenoxy) is 1. The third-order valence-electron chi connectivity index (χ3n) is 3.98. The predicted molar refractivity (Wildman–Crippen MR) is 110 cm³/mol. The maximum Gasteiger partial charge on any atom is 0.269 e. The molecule has 0 saturated carbocycles. The lowest BCUT2D eigenvalue weighted by Crippen LogP contribution is -2.41. The van der Waals surface area contributed by atoms with Gasteiger partial charge >= 0.3 is 0 Å². The largest absolute Gasteiger partial charge is 0.496 e. The summed E-state index contributed by atoms with van der Waals surface area (Å²) in [5.74, 6) is -0.613. The highest BCUT2D eigenvalue weighted by molar-refractivity contribution is 9.10. The van der Waals surface area contributed by atoms with Crippen molar-refractivity contribution >= 4 is 39.3 Å². The first-order chi connectivity index (χ1) is 13.3. The zero-order valence-corrected chi connectivity index (χ0v) is 17.5. The minimum Gasteiger partial charge on any atom is -0.496 e. The van der Waals surface area contributed by atoms with Gasteiger partial charge in [-0.1, -0.05) is 12.1 Å². The molecule has 0 aliphatic rings. The Morgan fingerprint density at radius 3 is 2.36 bits per heavy atom. The fraction of sp³-hybridized carbons (Fsp3) is 0.250. The molecule has 28 heavy (non-hydrogen) atoms. The van der Waals surface area contributed by atoms with Gasteiger partial charge in [0, 0.05) is 24.1 Å². The second-order valence-electron chi connectivity index (χ2n) is 6.22. The molecule has 3 N–H and O–H groups in total. The fourth-order valence-electron chi connectivity index (χ4n) is 2.38. The number of rotatable bonds is 6. The lowest BCUT2D eigenvalue weighted by Gasteiger charge is -2.10. The average Bonchev–Trinajstić information content (AvgIpc) is 2.67. The Balaban J connectivity index is 1.79. The van der Waals surface area contributed by atoms with Crippen LogP contribution in [-0.2, 0) is 9.59 Å². The van der Waals surface area contributed by atoms with Gasteiger partial charge in [0.1, 0.15) is 5.75 Å². The molecule has 0 bridgehead atoms. The van der Waals surface area contributed by atoms with E-state index in [0.29, 0.717) is 15.8 Å². The normalized spacial score (nSPS) is 10.1. The number of hydrazine groups is 1. The average molecular weight is 448 g/mol. The van der Waals surface area contributed by atoms with E-state index in [4.69, 9.17) is 4.74 Å². The molecule has 0 saturated heterocycles. The molecule has 0 spiro atoms. The Kier molecular flexibility index (Phi) is 7.57. The molecule has 2 rings (SSSR count). The molecular formula is C20H22BrN3O4. The summed E-state index contributed by atoms with van der Waals surface area (Å²) < 4.78 is 5.72. The minimum absolute atomic E-state index is 0.00314. The van der Waals surface area contributed by atoms with E-state index in [1.807, 2.05) is 32.0 Å². The van der Waals surface area contributed by atoms with Gasteiger partial charge in [0.15, 0.2) is 0 Å². The number of halogens is 1. The summed E-state index contributed by atoms with van der Waals surface area (Å²) in [7, 11) is 1.52. The quantitative estimate of drug-likeness (QED) is 0.592. The number of carbonyl (C=O) groups excluding carboxylic acids is 3. The van der Waals surface area contributed by atoms with Crippen molar-refractivity contribution in [2.24, 2.45) is 0 Å². The molecule has 0 atom stereocenters. The van der Waals surface area contributed by atoms with Crippen LogP contribution in [0.15, 0.2) is 40.9 Å². The lowest BCUT2D eigenvalue weighted by molar-refractivity contribution is -0.124. The van der Waals surface area contributed by atoms with Crippen LogP contribution in [0.2, 0.25) is 0 Å². The minimum atomic E-state index is -0.475. The molecule has 7 nitrogen and oxygen atoms in total. The number of amides is 3. The van der Waals surface area contributed by atoms with Gasteiger partial charge in [-0.25, -0.2) is 0 Å². The van der Waals surface area contributed by atoms with Gasteiger partial charge in [-0.05, 0) is 65.2 Å². The third-order valence-corrected chi connectivity index (χ3v) is 4.60.